The largest absolute Gasteiger partial charge is 0.379 e. The summed E-state index contributed by atoms with van der Waals surface area (Å²) in [6.07, 6.45) is 1.93. The number of thioether (sulfide) groups is 1. The van der Waals surface area contributed by atoms with Gasteiger partial charge in [0.05, 0.1) is 11.2 Å². The number of nitrogens with one attached hydrogen (secondary N) is 1. The van der Waals surface area contributed by atoms with E-state index in [2.05, 4.69) is 16.4 Å². The molecule has 1 heterocycles. The molecular weight excluding hydrogens is 326 g/mol. The number of halogens is 1. The predicted octanol–water partition coefficient (Wildman–Crippen LogP) is 5.09. The molecule has 5 heteroatoms. The second-order valence-electron chi connectivity index (χ2n) is 4.98. The maximum absolute atomic E-state index is 9.57. The summed E-state index contributed by atoms with van der Waals surface area (Å²) < 4.78 is 0. The number of hydrogen-bond donors (Lipinski definition) is 1. The third-order valence-electron chi connectivity index (χ3n) is 3.52. The third kappa shape index (κ3) is 3.26. The van der Waals surface area contributed by atoms with E-state index in [4.69, 9.17) is 11.6 Å². The summed E-state index contributed by atoms with van der Waals surface area (Å²) in [7, 11) is 0. The SMILES string of the molecule is CSc1nc2ccccc2c(NCc2cccc(Cl)c2)c1C#N. The van der Waals surface area contributed by atoms with Crippen LogP contribution in [0, 0.1) is 11.3 Å². The van der Waals surface area contributed by atoms with E-state index in [9.17, 15) is 5.26 Å². The van der Waals surface area contributed by atoms with Gasteiger partial charge in [-0.15, -0.1) is 11.8 Å². The van der Waals surface area contributed by atoms with E-state index in [1.807, 2.05) is 54.8 Å². The third-order valence-corrected chi connectivity index (χ3v) is 4.44. The quantitative estimate of drug-likeness (QED) is 0.672. The van der Waals surface area contributed by atoms with E-state index in [0.717, 1.165) is 27.2 Å². The summed E-state index contributed by atoms with van der Waals surface area (Å²) in [5, 5.41) is 15.3. The summed E-state index contributed by atoms with van der Waals surface area (Å²) >= 11 is 7.51. The molecule has 0 aliphatic rings. The Balaban J connectivity index is 2.06. The van der Waals surface area contributed by atoms with Crippen LogP contribution in [0.1, 0.15) is 11.1 Å². The predicted molar refractivity (Wildman–Crippen MR) is 97.0 cm³/mol. The van der Waals surface area contributed by atoms with Crippen LogP contribution in [0.2, 0.25) is 5.02 Å². The van der Waals surface area contributed by atoms with Crippen LogP contribution < -0.4 is 5.32 Å². The number of nitrogens with zero attached hydrogens (tertiary/aromatic N) is 2. The summed E-state index contributed by atoms with van der Waals surface area (Å²) in [6, 6.07) is 17.8. The molecule has 0 spiro atoms. The van der Waals surface area contributed by atoms with Crippen molar-refractivity contribution >= 4 is 40.0 Å². The molecule has 1 N–H and O–H groups in total. The minimum Gasteiger partial charge on any atom is -0.379 e. The highest BCUT2D eigenvalue weighted by Gasteiger charge is 2.14. The number of pyridine rings is 1. The van der Waals surface area contributed by atoms with Gasteiger partial charge < -0.3 is 5.32 Å². The molecule has 0 saturated heterocycles. The minimum atomic E-state index is 0.582. The molecule has 3 nitrogen and oxygen atoms in total. The van der Waals surface area contributed by atoms with Gasteiger partial charge >= 0.3 is 0 Å². The average molecular weight is 340 g/mol. The molecule has 2 aromatic carbocycles. The first kappa shape index (κ1) is 15.7. The van der Waals surface area contributed by atoms with E-state index in [1.54, 1.807) is 0 Å². The van der Waals surface area contributed by atoms with Gasteiger partial charge in [0.2, 0.25) is 0 Å². The highest BCUT2D eigenvalue weighted by Crippen LogP contribution is 2.32. The van der Waals surface area contributed by atoms with Gasteiger partial charge in [-0.2, -0.15) is 5.26 Å². The zero-order chi connectivity index (χ0) is 16.2. The lowest BCUT2D eigenvalue weighted by Crippen LogP contribution is -2.04. The van der Waals surface area contributed by atoms with Crippen molar-refractivity contribution in [1.82, 2.24) is 4.98 Å². The number of para-hydroxylation sites is 1. The van der Waals surface area contributed by atoms with Crippen LogP contribution in [0.15, 0.2) is 53.6 Å². The maximum Gasteiger partial charge on any atom is 0.116 e. The van der Waals surface area contributed by atoms with Crippen molar-refractivity contribution in [1.29, 1.82) is 5.26 Å². The standard InChI is InChI=1S/C18H14ClN3S/c1-23-18-15(10-20)17(14-7-2-3-8-16(14)22-18)21-11-12-5-4-6-13(19)9-12/h2-9H,11H2,1H3,(H,21,22). The van der Waals surface area contributed by atoms with Gasteiger partial charge in [0, 0.05) is 17.0 Å². The first-order valence-corrected chi connectivity index (χ1v) is 8.68. The smallest absolute Gasteiger partial charge is 0.116 e. The summed E-state index contributed by atoms with van der Waals surface area (Å²) in [4.78, 5) is 4.57. The van der Waals surface area contributed by atoms with Crippen LogP contribution in [-0.2, 0) is 6.54 Å². The Bertz CT molecular complexity index is 902. The molecule has 114 valence electrons. The Morgan fingerprint density at radius 3 is 2.78 bits per heavy atom. The summed E-state index contributed by atoms with van der Waals surface area (Å²) in [6.45, 7) is 0.594. The first-order chi connectivity index (χ1) is 11.2. The number of aromatic nitrogens is 1. The average Bonchev–Trinajstić information content (AvgIpc) is 2.58. The van der Waals surface area contributed by atoms with Gasteiger partial charge in [0.15, 0.2) is 0 Å². The van der Waals surface area contributed by atoms with Crippen LogP contribution in [0.3, 0.4) is 0 Å². The molecule has 0 radical (unpaired) electrons. The van der Waals surface area contributed by atoms with Crippen molar-refractivity contribution in [3.63, 3.8) is 0 Å². The molecule has 0 fully saturated rings. The maximum atomic E-state index is 9.57. The minimum absolute atomic E-state index is 0.582. The second-order valence-corrected chi connectivity index (χ2v) is 6.21. The fourth-order valence-corrected chi connectivity index (χ4v) is 3.22. The molecule has 0 atom stereocenters. The second kappa shape index (κ2) is 6.91. The van der Waals surface area contributed by atoms with Crippen LogP contribution in [-0.4, -0.2) is 11.2 Å². The van der Waals surface area contributed by atoms with Gasteiger partial charge in [-0.25, -0.2) is 4.98 Å². The number of hydrogen-bond acceptors (Lipinski definition) is 4. The molecule has 0 bridgehead atoms. The Morgan fingerprint density at radius 1 is 1.22 bits per heavy atom. The first-order valence-electron chi connectivity index (χ1n) is 7.08. The van der Waals surface area contributed by atoms with Crippen LogP contribution in [0.4, 0.5) is 5.69 Å². The number of nitriles is 1. The lowest BCUT2D eigenvalue weighted by Gasteiger charge is -2.14. The zero-order valence-corrected chi connectivity index (χ0v) is 14.1. The van der Waals surface area contributed by atoms with E-state index in [0.29, 0.717) is 17.1 Å². The van der Waals surface area contributed by atoms with Crippen molar-refractivity contribution in [3.05, 3.63) is 64.7 Å². The lowest BCUT2D eigenvalue weighted by atomic mass is 10.1. The molecule has 0 saturated carbocycles. The lowest BCUT2D eigenvalue weighted by molar-refractivity contribution is 1.11. The highest BCUT2D eigenvalue weighted by atomic mass is 35.5. The number of fused-ring (bicyclic) bond motifs is 1. The van der Waals surface area contributed by atoms with Crippen molar-refractivity contribution in [2.75, 3.05) is 11.6 Å². The van der Waals surface area contributed by atoms with Gasteiger partial charge in [-0.1, -0.05) is 41.9 Å². The molecule has 0 aliphatic heterocycles. The zero-order valence-electron chi connectivity index (χ0n) is 12.5. The Hall–Kier alpha value is -2.22. The Kier molecular flexibility index (Phi) is 4.71. The fourth-order valence-electron chi connectivity index (χ4n) is 2.46. The van der Waals surface area contributed by atoms with Gasteiger partial charge in [0.1, 0.15) is 16.7 Å². The Morgan fingerprint density at radius 2 is 2.04 bits per heavy atom. The van der Waals surface area contributed by atoms with Crippen LogP contribution in [0.5, 0.6) is 0 Å². The van der Waals surface area contributed by atoms with E-state index < -0.39 is 0 Å². The van der Waals surface area contributed by atoms with E-state index >= 15 is 0 Å². The topological polar surface area (TPSA) is 48.7 Å². The number of benzene rings is 2. The highest BCUT2D eigenvalue weighted by molar-refractivity contribution is 7.98. The monoisotopic (exact) mass is 339 g/mol. The van der Waals surface area contributed by atoms with Crippen molar-refractivity contribution in [2.24, 2.45) is 0 Å². The van der Waals surface area contributed by atoms with Crippen molar-refractivity contribution in [2.45, 2.75) is 11.6 Å². The Labute approximate surface area is 144 Å². The molecule has 3 aromatic rings. The molecule has 0 unspecified atom stereocenters. The van der Waals surface area contributed by atoms with Crippen molar-refractivity contribution < 1.29 is 0 Å². The molecule has 3 rings (SSSR count). The molecular formula is C18H14ClN3S. The molecule has 1 aromatic heterocycles. The summed E-state index contributed by atoms with van der Waals surface area (Å²) in [5.41, 5.74) is 3.35. The number of anilines is 1. The molecule has 0 aliphatic carbocycles. The normalized spacial score (nSPS) is 10.5. The van der Waals surface area contributed by atoms with Crippen molar-refractivity contribution in [3.8, 4) is 6.07 Å². The van der Waals surface area contributed by atoms with Crippen LogP contribution in [0.25, 0.3) is 10.9 Å². The summed E-state index contributed by atoms with van der Waals surface area (Å²) in [5.74, 6) is 0. The van der Waals surface area contributed by atoms with Crippen LogP contribution >= 0.6 is 23.4 Å². The fraction of sp³-hybridized carbons (Fsp3) is 0.111. The van der Waals surface area contributed by atoms with Gasteiger partial charge in [-0.3, -0.25) is 0 Å². The van der Waals surface area contributed by atoms with Gasteiger partial charge in [0.25, 0.3) is 0 Å². The molecule has 23 heavy (non-hydrogen) atoms. The molecule has 0 amide bonds. The van der Waals surface area contributed by atoms with E-state index in [1.165, 1.54) is 11.8 Å². The van der Waals surface area contributed by atoms with Gasteiger partial charge in [-0.05, 0) is 30.0 Å². The van der Waals surface area contributed by atoms with E-state index in [-0.39, 0.29) is 0 Å². The number of rotatable bonds is 4.